The number of para-hydroxylation sites is 1. The number of nitrogens with zero attached hydrogens (tertiary/aromatic N) is 2. The van der Waals surface area contributed by atoms with Crippen LogP contribution in [-0.4, -0.2) is 60.0 Å². The molecule has 5 rings (SSSR count). The van der Waals surface area contributed by atoms with E-state index in [1.807, 2.05) is 41.0 Å². The van der Waals surface area contributed by atoms with E-state index in [4.69, 9.17) is 9.15 Å². The van der Waals surface area contributed by atoms with Crippen molar-refractivity contribution in [2.45, 2.75) is 44.6 Å². The Morgan fingerprint density at radius 1 is 1.24 bits per heavy atom. The Balaban J connectivity index is 1.17. The van der Waals surface area contributed by atoms with Crippen molar-refractivity contribution in [3.05, 3.63) is 35.6 Å². The van der Waals surface area contributed by atoms with Gasteiger partial charge in [0.1, 0.15) is 11.2 Å². The summed E-state index contributed by atoms with van der Waals surface area (Å²) in [4.78, 5) is 28.8. The summed E-state index contributed by atoms with van der Waals surface area (Å²) in [7, 11) is 0. The molecule has 6 nitrogen and oxygen atoms in total. The number of benzene rings is 1. The number of hydrogen-bond donors (Lipinski definition) is 0. The number of rotatable bonds is 3. The molecular weight excluding hydrogens is 368 g/mol. The van der Waals surface area contributed by atoms with Crippen LogP contribution in [0.3, 0.4) is 0 Å². The molecule has 0 aliphatic carbocycles. The lowest BCUT2D eigenvalue weighted by atomic mass is 9.82. The number of aryl methyl sites for hydroxylation is 1. The molecule has 3 aliphatic heterocycles. The van der Waals surface area contributed by atoms with Gasteiger partial charge in [-0.25, -0.2) is 0 Å². The van der Waals surface area contributed by atoms with E-state index in [9.17, 15) is 9.59 Å². The molecule has 1 aromatic carbocycles. The molecule has 1 spiro atoms. The maximum atomic E-state index is 12.9. The quantitative estimate of drug-likeness (QED) is 0.798. The summed E-state index contributed by atoms with van der Waals surface area (Å²) in [6, 6.07) is 7.76. The summed E-state index contributed by atoms with van der Waals surface area (Å²) >= 11 is 0. The molecule has 2 aromatic rings. The Kier molecular flexibility index (Phi) is 4.62. The Labute approximate surface area is 170 Å². The predicted molar refractivity (Wildman–Crippen MR) is 109 cm³/mol. The van der Waals surface area contributed by atoms with Crippen LogP contribution in [0, 0.1) is 12.8 Å². The molecule has 4 heterocycles. The average molecular weight is 396 g/mol. The lowest BCUT2D eigenvalue weighted by Crippen LogP contribution is -2.66. The molecule has 0 bridgehead atoms. The minimum atomic E-state index is -0.210. The third-order valence-electron chi connectivity index (χ3n) is 6.82. The molecule has 29 heavy (non-hydrogen) atoms. The lowest BCUT2D eigenvalue weighted by Gasteiger charge is -2.52. The number of ether oxygens (including phenoxy) is 1. The van der Waals surface area contributed by atoms with Crippen molar-refractivity contribution in [3.8, 4) is 0 Å². The van der Waals surface area contributed by atoms with Crippen LogP contribution in [0.2, 0.25) is 0 Å². The molecule has 3 saturated heterocycles. The number of piperidine rings is 1. The van der Waals surface area contributed by atoms with Crippen molar-refractivity contribution in [1.29, 1.82) is 0 Å². The standard InChI is InChI=1S/C23H28N2O4/c1-16-18-6-2-3-7-19(18)29-21(16)22(27)25-14-23(15-25)10-9-17(13-28-23)12-24-11-5-4-8-20(24)26/h2-3,6-7,17H,4-5,8-15H2,1H3/t17-/m0/s1. The zero-order chi connectivity index (χ0) is 20.0. The third-order valence-corrected chi connectivity index (χ3v) is 6.82. The van der Waals surface area contributed by atoms with Gasteiger partial charge in [-0.05, 0) is 38.7 Å². The maximum Gasteiger partial charge on any atom is 0.290 e. The second-order valence-corrected chi connectivity index (χ2v) is 8.91. The molecule has 3 fully saturated rings. The number of likely N-dealkylation sites (tertiary alicyclic amines) is 2. The predicted octanol–water partition coefficient (Wildman–Crippen LogP) is 3.37. The number of fused-ring (bicyclic) bond motifs is 1. The Morgan fingerprint density at radius 2 is 2.07 bits per heavy atom. The summed E-state index contributed by atoms with van der Waals surface area (Å²) < 4.78 is 12.1. The van der Waals surface area contributed by atoms with Crippen molar-refractivity contribution in [2.24, 2.45) is 5.92 Å². The van der Waals surface area contributed by atoms with Crippen molar-refractivity contribution in [2.75, 3.05) is 32.8 Å². The van der Waals surface area contributed by atoms with E-state index in [2.05, 4.69) is 0 Å². The minimum Gasteiger partial charge on any atom is -0.451 e. The summed E-state index contributed by atoms with van der Waals surface area (Å²) in [6.07, 6.45) is 4.82. The number of amides is 2. The zero-order valence-electron chi connectivity index (χ0n) is 17.0. The van der Waals surface area contributed by atoms with E-state index < -0.39 is 0 Å². The lowest BCUT2D eigenvalue weighted by molar-refractivity contribution is -0.170. The number of carbonyl (C=O) groups excluding carboxylic acids is 2. The van der Waals surface area contributed by atoms with Crippen molar-refractivity contribution < 1.29 is 18.7 Å². The van der Waals surface area contributed by atoms with Crippen LogP contribution in [0.5, 0.6) is 0 Å². The van der Waals surface area contributed by atoms with Crippen LogP contribution in [0.4, 0.5) is 0 Å². The fraction of sp³-hybridized carbons (Fsp3) is 0.565. The first-order valence-electron chi connectivity index (χ1n) is 10.7. The highest BCUT2D eigenvalue weighted by Crippen LogP contribution is 2.38. The van der Waals surface area contributed by atoms with Crippen molar-refractivity contribution >= 4 is 22.8 Å². The Morgan fingerprint density at radius 3 is 2.79 bits per heavy atom. The van der Waals surface area contributed by atoms with Crippen LogP contribution in [0.25, 0.3) is 11.0 Å². The fourth-order valence-electron chi connectivity index (χ4n) is 4.99. The first kappa shape index (κ1) is 18.7. The van der Waals surface area contributed by atoms with Crippen LogP contribution in [0.1, 0.15) is 48.2 Å². The van der Waals surface area contributed by atoms with Gasteiger partial charge in [-0.3, -0.25) is 9.59 Å². The van der Waals surface area contributed by atoms with E-state index in [0.717, 1.165) is 55.3 Å². The van der Waals surface area contributed by atoms with Crippen molar-refractivity contribution in [1.82, 2.24) is 9.80 Å². The molecule has 3 aliphatic rings. The average Bonchev–Trinajstić information content (AvgIpc) is 3.05. The summed E-state index contributed by atoms with van der Waals surface area (Å²) in [5.74, 6) is 1.09. The highest BCUT2D eigenvalue weighted by molar-refractivity contribution is 5.99. The van der Waals surface area contributed by atoms with Crippen LogP contribution in [0.15, 0.2) is 28.7 Å². The molecule has 154 valence electrons. The Bertz CT molecular complexity index is 934. The zero-order valence-corrected chi connectivity index (χ0v) is 17.0. The molecule has 6 heteroatoms. The van der Waals surface area contributed by atoms with E-state index >= 15 is 0 Å². The fourth-order valence-corrected chi connectivity index (χ4v) is 4.99. The monoisotopic (exact) mass is 396 g/mol. The highest BCUT2D eigenvalue weighted by atomic mass is 16.5. The molecule has 2 amide bonds. The Hall–Kier alpha value is -2.34. The molecule has 0 N–H and O–H groups in total. The van der Waals surface area contributed by atoms with Gasteiger partial charge in [0, 0.05) is 36.4 Å². The minimum absolute atomic E-state index is 0.0473. The highest BCUT2D eigenvalue weighted by Gasteiger charge is 2.49. The van der Waals surface area contributed by atoms with Gasteiger partial charge in [-0.2, -0.15) is 0 Å². The van der Waals surface area contributed by atoms with Gasteiger partial charge in [-0.1, -0.05) is 18.2 Å². The second kappa shape index (κ2) is 7.17. The molecule has 0 saturated carbocycles. The van der Waals surface area contributed by atoms with Gasteiger partial charge in [-0.15, -0.1) is 0 Å². The van der Waals surface area contributed by atoms with E-state index in [-0.39, 0.29) is 17.4 Å². The first-order valence-corrected chi connectivity index (χ1v) is 10.7. The normalized spacial score (nSPS) is 24.2. The van der Waals surface area contributed by atoms with Crippen molar-refractivity contribution in [3.63, 3.8) is 0 Å². The summed E-state index contributed by atoms with van der Waals surface area (Å²) in [6.45, 7) is 5.57. The van der Waals surface area contributed by atoms with Crippen LogP contribution >= 0.6 is 0 Å². The maximum absolute atomic E-state index is 12.9. The summed E-state index contributed by atoms with van der Waals surface area (Å²) in [5.41, 5.74) is 1.45. The largest absolute Gasteiger partial charge is 0.451 e. The van der Waals surface area contributed by atoms with Gasteiger partial charge in [0.25, 0.3) is 5.91 Å². The number of furan rings is 1. The van der Waals surface area contributed by atoms with Crippen LogP contribution < -0.4 is 0 Å². The second-order valence-electron chi connectivity index (χ2n) is 8.91. The molecule has 1 aromatic heterocycles. The van der Waals surface area contributed by atoms with Gasteiger partial charge in [0.05, 0.1) is 19.7 Å². The van der Waals surface area contributed by atoms with E-state index in [0.29, 0.717) is 37.8 Å². The van der Waals surface area contributed by atoms with E-state index in [1.165, 1.54) is 0 Å². The molecule has 0 unspecified atom stereocenters. The van der Waals surface area contributed by atoms with Gasteiger partial charge in [0.2, 0.25) is 5.91 Å². The smallest absolute Gasteiger partial charge is 0.290 e. The SMILES string of the molecule is Cc1c(C(=O)N2CC3(CC[C@@H](CN4CCCCC4=O)CO3)C2)oc2ccccc12. The number of hydrogen-bond acceptors (Lipinski definition) is 4. The molecular formula is C23H28N2O4. The van der Waals surface area contributed by atoms with Gasteiger partial charge < -0.3 is 19.0 Å². The van der Waals surface area contributed by atoms with E-state index in [1.54, 1.807) is 0 Å². The topological polar surface area (TPSA) is 63.0 Å². The molecule has 1 atom stereocenters. The first-order chi connectivity index (χ1) is 14.0. The van der Waals surface area contributed by atoms with Crippen LogP contribution in [-0.2, 0) is 9.53 Å². The number of carbonyl (C=O) groups is 2. The summed E-state index contributed by atoms with van der Waals surface area (Å²) in [5, 5.41) is 0.995. The molecule has 0 radical (unpaired) electrons. The van der Waals surface area contributed by atoms with Gasteiger partial charge >= 0.3 is 0 Å². The van der Waals surface area contributed by atoms with Gasteiger partial charge in [0.15, 0.2) is 5.76 Å². The third kappa shape index (κ3) is 3.33.